The van der Waals surface area contributed by atoms with Crippen LogP contribution in [0.3, 0.4) is 0 Å². The van der Waals surface area contributed by atoms with Gasteiger partial charge in [-0.05, 0) is 24.6 Å². The zero-order chi connectivity index (χ0) is 12.3. The van der Waals surface area contributed by atoms with Crippen LogP contribution >= 0.6 is 0 Å². The molecule has 0 saturated carbocycles. The van der Waals surface area contributed by atoms with E-state index in [4.69, 9.17) is 0 Å². The van der Waals surface area contributed by atoms with E-state index in [9.17, 15) is 4.39 Å². The molecule has 17 heavy (non-hydrogen) atoms. The first-order chi connectivity index (χ1) is 8.15. The molecule has 0 aliphatic carbocycles. The molecule has 2 aromatic rings. The highest BCUT2D eigenvalue weighted by Gasteiger charge is 2.06. The van der Waals surface area contributed by atoms with Crippen LogP contribution in [0.2, 0.25) is 0 Å². The minimum Gasteiger partial charge on any atom is -0.304 e. The molecular weight excluding hydrogens is 219 g/mol. The van der Waals surface area contributed by atoms with Crippen molar-refractivity contribution in [2.45, 2.75) is 19.5 Å². The van der Waals surface area contributed by atoms with Gasteiger partial charge in [-0.3, -0.25) is 4.68 Å². The quantitative estimate of drug-likeness (QED) is 0.877. The Bertz CT molecular complexity index is 495. The third kappa shape index (κ3) is 3.10. The third-order valence-corrected chi connectivity index (χ3v) is 2.59. The van der Waals surface area contributed by atoms with E-state index in [1.54, 1.807) is 10.7 Å². The van der Waals surface area contributed by atoms with E-state index in [0.29, 0.717) is 6.54 Å². The van der Waals surface area contributed by atoms with Gasteiger partial charge in [0.15, 0.2) is 0 Å². The summed E-state index contributed by atoms with van der Waals surface area (Å²) < 4.78 is 14.7. The van der Waals surface area contributed by atoms with Crippen molar-refractivity contribution >= 4 is 0 Å². The predicted molar refractivity (Wildman–Crippen MR) is 62.7 cm³/mol. The minimum atomic E-state index is -0.212. The molecular formula is C12H15FN4. The fourth-order valence-electron chi connectivity index (χ4n) is 1.63. The number of halogens is 1. The van der Waals surface area contributed by atoms with Crippen molar-refractivity contribution in [3.63, 3.8) is 0 Å². The number of rotatable bonds is 4. The van der Waals surface area contributed by atoms with Crippen molar-refractivity contribution < 1.29 is 4.39 Å². The Morgan fingerprint density at radius 2 is 2.29 bits per heavy atom. The molecule has 0 aliphatic heterocycles. The molecule has 0 spiro atoms. The summed E-state index contributed by atoms with van der Waals surface area (Å²) in [5, 5.41) is 11.1. The van der Waals surface area contributed by atoms with E-state index >= 15 is 0 Å². The fraction of sp³-hybridized carbons (Fsp3) is 0.333. The molecule has 1 unspecified atom stereocenters. The lowest BCUT2D eigenvalue weighted by molar-refractivity contribution is 0.558. The number of nitrogens with zero attached hydrogens (tertiary/aromatic N) is 3. The molecule has 1 aromatic carbocycles. The molecule has 0 aliphatic rings. The highest BCUT2D eigenvalue weighted by molar-refractivity contribution is 5.19. The van der Waals surface area contributed by atoms with Crippen molar-refractivity contribution in [2.75, 3.05) is 0 Å². The molecule has 0 saturated heterocycles. The predicted octanol–water partition coefficient (Wildman–Crippen LogP) is 1.80. The van der Waals surface area contributed by atoms with Gasteiger partial charge < -0.3 is 5.32 Å². The molecule has 0 amide bonds. The Morgan fingerprint density at radius 1 is 1.47 bits per heavy atom. The highest BCUT2D eigenvalue weighted by atomic mass is 19.1. The van der Waals surface area contributed by atoms with Crippen LogP contribution in [-0.4, -0.2) is 15.0 Å². The van der Waals surface area contributed by atoms with Gasteiger partial charge in [-0.1, -0.05) is 17.3 Å². The van der Waals surface area contributed by atoms with Gasteiger partial charge in [0.2, 0.25) is 0 Å². The van der Waals surface area contributed by atoms with Crippen LogP contribution in [0.1, 0.15) is 24.2 Å². The first kappa shape index (κ1) is 11.7. The van der Waals surface area contributed by atoms with Crippen LogP contribution in [-0.2, 0) is 13.6 Å². The van der Waals surface area contributed by atoms with E-state index < -0.39 is 0 Å². The smallest absolute Gasteiger partial charge is 0.123 e. The molecule has 5 heteroatoms. The Balaban J connectivity index is 1.95. The SMILES string of the molecule is CC(NCc1cn(C)nn1)c1cccc(F)c1. The largest absolute Gasteiger partial charge is 0.304 e. The number of aryl methyl sites for hydroxylation is 1. The van der Waals surface area contributed by atoms with Crippen LogP contribution in [0.5, 0.6) is 0 Å². The average Bonchev–Trinajstić information content (AvgIpc) is 2.72. The van der Waals surface area contributed by atoms with Gasteiger partial charge in [0.05, 0.1) is 5.69 Å². The van der Waals surface area contributed by atoms with Gasteiger partial charge in [-0.15, -0.1) is 5.10 Å². The van der Waals surface area contributed by atoms with Gasteiger partial charge >= 0.3 is 0 Å². The Labute approximate surface area is 99.5 Å². The van der Waals surface area contributed by atoms with Gasteiger partial charge in [0.1, 0.15) is 5.82 Å². The van der Waals surface area contributed by atoms with E-state index in [1.165, 1.54) is 12.1 Å². The van der Waals surface area contributed by atoms with Crippen molar-refractivity contribution in [2.24, 2.45) is 7.05 Å². The Kier molecular flexibility index (Phi) is 3.49. The number of nitrogens with one attached hydrogen (secondary N) is 1. The second kappa shape index (κ2) is 5.05. The number of aromatic nitrogens is 3. The lowest BCUT2D eigenvalue weighted by Crippen LogP contribution is -2.18. The van der Waals surface area contributed by atoms with Crippen LogP contribution in [0.15, 0.2) is 30.5 Å². The van der Waals surface area contributed by atoms with Crippen molar-refractivity contribution in [1.82, 2.24) is 20.3 Å². The second-order valence-electron chi connectivity index (χ2n) is 4.04. The molecule has 1 atom stereocenters. The van der Waals surface area contributed by atoms with Crippen molar-refractivity contribution in [3.8, 4) is 0 Å². The number of hydrogen-bond donors (Lipinski definition) is 1. The summed E-state index contributed by atoms with van der Waals surface area (Å²) >= 11 is 0. The molecule has 1 heterocycles. The minimum absolute atomic E-state index is 0.0766. The summed E-state index contributed by atoms with van der Waals surface area (Å²) in [6.07, 6.45) is 1.85. The number of hydrogen-bond acceptors (Lipinski definition) is 3. The maximum atomic E-state index is 13.0. The Hall–Kier alpha value is -1.75. The lowest BCUT2D eigenvalue weighted by Gasteiger charge is -2.12. The first-order valence-corrected chi connectivity index (χ1v) is 5.49. The molecule has 0 bridgehead atoms. The van der Waals surface area contributed by atoms with Crippen molar-refractivity contribution in [1.29, 1.82) is 0 Å². The van der Waals surface area contributed by atoms with E-state index in [2.05, 4.69) is 15.6 Å². The lowest BCUT2D eigenvalue weighted by atomic mass is 10.1. The molecule has 90 valence electrons. The molecule has 0 fully saturated rings. The summed E-state index contributed by atoms with van der Waals surface area (Å²) in [6.45, 7) is 2.61. The maximum absolute atomic E-state index is 13.0. The number of benzene rings is 1. The monoisotopic (exact) mass is 234 g/mol. The highest BCUT2D eigenvalue weighted by Crippen LogP contribution is 2.13. The van der Waals surface area contributed by atoms with Crippen molar-refractivity contribution in [3.05, 3.63) is 47.5 Å². The standard InChI is InChI=1S/C12H15FN4/c1-9(10-4-3-5-11(13)6-10)14-7-12-8-17(2)16-15-12/h3-6,8-9,14H,7H2,1-2H3. The van der Waals surface area contributed by atoms with Crippen LogP contribution in [0.25, 0.3) is 0 Å². The van der Waals surface area contributed by atoms with Gasteiger partial charge in [-0.2, -0.15) is 0 Å². The molecule has 1 aromatic heterocycles. The zero-order valence-corrected chi connectivity index (χ0v) is 9.89. The summed E-state index contributed by atoms with van der Waals surface area (Å²) in [5.41, 5.74) is 1.80. The average molecular weight is 234 g/mol. The summed E-state index contributed by atoms with van der Waals surface area (Å²) in [7, 11) is 1.83. The maximum Gasteiger partial charge on any atom is 0.123 e. The fourth-order valence-corrected chi connectivity index (χ4v) is 1.63. The molecule has 1 N–H and O–H groups in total. The van der Waals surface area contributed by atoms with E-state index in [0.717, 1.165) is 11.3 Å². The zero-order valence-electron chi connectivity index (χ0n) is 9.89. The third-order valence-electron chi connectivity index (χ3n) is 2.59. The summed E-state index contributed by atoms with van der Waals surface area (Å²) in [4.78, 5) is 0. The van der Waals surface area contributed by atoms with Crippen LogP contribution in [0.4, 0.5) is 4.39 Å². The molecule has 0 radical (unpaired) electrons. The van der Waals surface area contributed by atoms with E-state index in [1.807, 2.05) is 26.2 Å². The summed E-state index contributed by atoms with van der Waals surface area (Å²) in [5.74, 6) is -0.212. The Morgan fingerprint density at radius 3 is 2.94 bits per heavy atom. The van der Waals surface area contributed by atoms with Crippen LogP contribution < -0.4 is 5.32 Å². The van der Waals surface area contributed by atoms with Gasteiger partial charge in [0, 0.05) is 25.8 Å². The van der Waals surface area contributed by atoms with Gasteiger partial charge in [-0.25, -0.2) is 4.39 Å². The topological polar surface area (TPSA) is 42.7 Å². The first-order valence-electron chi connectivity index (χ1n) is 5.49. The summed E-state index contributed by atoms with van der Waals surface area (Å²) in [6, 6.07) is 6.67. The normalized spacial score (nSPS) is 12.6. The molecule has 2 rings (SSSR count). The van der Waals surface area contributed by atoms with Crippen LogP contribution in [0, 0.1) is 5.82 Å². The second-order valence-corrected chi connectivity index (χ2v) is 4.04. The molecule has 4 nitrogen and oxygen atoms in total. The van der Waals surface area contributed by atoms with E-state index in [-0.39, 0.29) is 11.9 Å². The van der Waals surface area contributed by atoms with Gasteiger partial charge in [0.25, 0.3) is 0 Å².